The normalized spacial score (nSPS) is 11.0. The van der Waals surface area contributed by atoms with Gasteiger partial charge in [0.2, 0.25) is 5.91 Å². The minimum atomic E-state index is -0.118. The predicted molar refractivity (Wildman–Crippen MR) is 129 cm³/mol. The number of halogens is 1. The minimum Gasteiger partial charge on any atom is -0.351 e. The number of carbonyl (C=O) groups excluding carboxylic acids is 1. The summed E-state index contributed by atoms with van der Waals surface area (Å²) in [6.07, 6.45) is 0. The zero-order chi connectivity index (χ0) is 21.8. The summed E-state index contributed by atoms with van der Waals surface area (Å²) in [5, 5.41) is 4.10. The van der Waals surface area contributed by atoms with Gasteiger partial charge < -0.3 is 5.32 Å². The molecule has 31 heavy (non-hydrogen) atoms. The fraction of sp³-hybridized carbons (Fsp3) is 0.174. The lowest BCUT2D eigenvalue weighted by Gasteiger charge is -2.10. The molecule has 0 fully saturated rings. The predicted octanol–water partition coefficient (Wildman–Crippen LogP) is 5.21. The summed E-state index contributed by atoms with van der Waals surface area (Å²) in [5.74, 6) is 0.0635. The van der Waals surface area contributed by atoms with Crippen molar-refractivity contribution in [2.24, 2.45) is 0 Å². The van der Waals surface area contributed by atoms with Gasteiger partial charge >= 0.3 is 0 Å². The van der Waals surface area contributed by atoms with Crippen LogP contribution in [-0.4, -0.2) is 21.2 Å². The summed E-state index contributed by atoms with van der Waals surface area (Å²) in [7, 11) is 0. The van der Waals surface area contributed by atoms with E-state index in [0.29, 0.717) is 33.5 Å². The molecule has 0 aliphatic rings. The van der Waals surface area contributed by atoms with E-state index in [-0.39, 0.29) is 17.2 Å². The van der Waals surface area contributed by atoms with E-state index in [1.807, 2.05) is 55.5 Å². The molecule has 0 saturated carbocycles. The number of hydrogen-bond acceptors (Lipinski definition) is 5. The van der Waals surface area contributed by atoms with Gasteiger partial charge in [0.1, 0.15) is 4.70 Å². The summed E-state index contributed by atoms with van der Waals surface area (Å²) in [6, 6.07) is 19.2. The molecular formula is C23H20ClN3O2S2. The fourth-order valence-electron chi connectivity index (χ4n) is 3.11. The van der Waals surface area contributed by atoms with Crippen molar-refractivity contribution < 1.29 is 4.79 Å². The topological polar surface area (TPSA) is 64.0 Å². The number of amides is 1. The number of benzene rings is 2. The Balaban J connectivity index is 1.50. The molecular weight excluding hydrogens is 450 g/mol. The highest BCUT2D eigenvalue weighted by Gasteiger charge is 2.15. The highest BCUT2D eigenvalue weighted by atomic mass is 35.5. The van der Waals surface area contributed by atoms with Crippen LogP contribution in [0.5, 0.6) is 0 Å². The molecule has 8 heteroatoms. The van der Waals surface area contributed by atoms with Gasteiger partial charge in [0.25, 0.3) is 5.56 Å². The average molecular weight is 470 g/mol. The average Bonchev–Trinajstić information content (AvgIpc) is 3.22. The van der Waals surface area contributed by atoms with Gasteiger partial charge in [0, 0.05) is 23.0 Å². The van der Waals surface area contributed by atoms with Crippen LogP contribution in [0.15, 0.2) is 70.6 Å². The fourth-order valence-corrected chi connectivity index (χ4v) is 5.18. The van der Waals surface area contributed by atoms with E-state index < -0.39 is 0 Å². The van der Waals surface area contributed by atoms with Crippen LogP contribution in [0.4, 0.5) is 0 Å². The lowest BCUT2D eigenvalue weighted by molar-refractivity contribution is -0.118. The SMILES string of the molecule is CCn1c(SCC(=O)NCc2ccc(Cl)cc2)nc2cc(-c3ccccc3)sc2c1=O. The second-order valence-electron chi connectivity index (χ2n) is 6.83. The molecule has 0 atom stereocenters. The number of thiophene rings is 1. The molecule has 0 aliphatic heterocycles. The maximum Gasteiger partial charge on any atom is 0.272 e. The van der Waals surface area contributed by atoms with Crippen LogP contribution in [-0.2, 0) is 17.9 Å². The molecule has 5 nitrogen and oxygen atoms in total. The van der Waals surface area contributed by atoms with E-state index in [1.165, 1.54) is 23.1 Å². The van der Waals surface area contributed by atoms with Crippen LogP contribution >= 0.6 is 34.7 Å². The van der Waals surface area contributed by atoms with Crippen LogP contribution in [0.2, 0.25) is 5.02 Å². The lowest BCUT2D eigenvalue weighted by atomic mass is 10.2. The van der Waals surface area contributed by atoms with Gasteiger partial charge in [0.15, 0.2) is 5.16 Å². The van der Waals surface area contributed by atoms with E-state index in [0.717, 1.165) is 16.0 Å². The van der Waals surface area contributed by atoms with Crippen LogP contribution in [0.3, 0.4) is 0 Å². The first-order chi connectivity index (χ1) is 15.0. The molecule has 0 bridgehead atoms. The molecule has 4 aromatic rings. The van der Waals surface area contributed by atoms with Gasteiger partial charge in [0.05, 0.1) is 11.3 Å². The Hall–Kier alpha value is -2.61. The number of rotatable bonds is 7. The lowest BCUT2D eigenvalue weighted by Crippen LogP contribution is -2.26. The smallest absolute Gasteiger partial charge is 0.272 e. The molecule has 0 radical (unpaired) electrons. The third-order valence-electron chi connectivity index (χ3n) is 4.71. The molecule has 2 heterocycles. The van der Waals surface area contributed by atoms with E-state index in [1.54, 1.807) is 16.7 Å². The van der Waals surface area contributed by atoms with Gasteiger partial charge in [-0.15, -0.1) is 11.3 Å². The monoisotopic (exact) mass is 469 g/mol. The number of carbonyl (C=O) groups is 1. The van der Waals surface area contributed by atoms with Crippen molar-refractivity contribution in [3.05, 3.63) is 81.6 Å². The van der Waals surface area contributed by atoms with Crippen LogP contribution in [0.1, 0.15) is 12.5 Å². The van der Waals surface area contributed by atoms with Crippen LogP contribution in [0.25, 0.3) is 20.7 Å². The zero-order valence-electron chi connectivity index (χ0n) is 16.8. The van der Waals surface area contributed by atoms with Crippen molar-refractivity contribution in [3.8, 4) is 10.4 Å². The highest BCUT2D eigenvalue weighted by molar-refractivity contribution is 7.99. The Morgan fingerprint density at radius 1 is 1.16 bits per heavy atom. The first kappa shape index (κ1) is 21.6. The summed E-state index contributed by atoms with van der Waals surface area (Å²) in [5.41, 5.74) is 2.63. The van der Waals surface area contributed by atoms with Crippen molar-refractivity contribution in [2.75, 3.05) is 5.75 Å². The number of nitrogens with zero attached hydrogens (tertiary/aromatic N) is 2. The molecule has 4 rings (SSSR count). The molecule has 2 aromatic carbocycles. The second-order valence-corrected chi connectivity index (χ2v) is 9.26. The van der Waals surface area contributed by atoms with Gasteiger partial charge in [-0.2, -0.15) is 0 Å². The summed E-state index contributed by atoms with van der Waals surface area (Å²) < 4.78 is 2.27. The Morgan fingerprint density at radius 3 is 2.61 bits per heavy atom. The summed E-state index contributed by atoms with van der Waals surface area (Å²) in [6.45, 7) is 2.83. The third kappa shape index (κ3) is 5.01. The Bertz CT molecular complexity index is 1270. The van der Waals surface area contributed by atoms with Crippen molar-refractivity contribution in [1.29, 1.82) is 0 Å². The maximum atomic E-state index is 13.0. The van der Waals surface area contributed by atoms with Crippen LogP contribution in [0, 0.1) is 0 Å². The molecule has 1 amide bonds. The highest BCUT2D eigenvalue weighted by Crippen LogP contribution is 2.31. The molecule has 1 N–H and O–H groups in total. The van der Waals surface area contributed by atoms with E-state index in [9.17, 15) is 9.59 Å². The van der Waals surface area contributed by atoms with E-state index >= 15 is 0 Å². The third-order valence-corrected chi connectivity index (χ3v) is 7.10. The molecule has 0 aliphatic carbocycles. The standard InChI is InChI=1S/C23H20ClN3O2S2/c1-2-27-22(29)21-18(12-19(31-21)16-6-4-3-5-7-16)26-23(27)30-14-20(28)25-13-15-8-10-17(24)11-9-15/h3-12H,2,13-14H2,1H3,(H,25,28). The molecule has 158 valence electrons. The van der Waals surface area contributed by atoms with Crippen LogP contribution < -0.4 is 10.9 Å². The van der Waals surface area contributed by atoms with Crippen molar-refractivity contribution in [1.82, 2.24) is 14.9 Å². The Labute approximate surface area is 193 Å². The van der Waals surface area contributed by atoms with Crippen molar-refractivity contribution in [2.45, 2.75) is 25.2 Å². The molecule has 0 saturated heterocycles. The van der Waals surface area contributed by atoms with E-state index in [4.69, 9.17) is 16.6 Å². The minimum absolute atomic E-state index is 0.0660. The molecule has 0 unspecified atom stereocenters. The van der Waals surface area contributed by atoms with E-state index in [2.05, 4.69) is 5.32 Å². The first-order valence-electron chi connectivity index (χ1n) is 9.79. The summed E-state index contributed by atoms with van der Waals surface area (Å²) >= 11 is 8.61. The quantitative estimate of drug-likeness (QED) is 0.298. The number of aromatic nitrogens is 2. The largest absolute Gasteiger partial charge is 0.351 e. The van der Waals surface area contributed by atoms with Gasteiger partial charge in [-0.3, -0.25) is 14.2 Å². The number of nitrogens with one attached hydrogen (secondary N) is 1. The molecule has 2 aromatic heterocycles. The molecule has 0 spiro atoms. The number of fused-ring (bicyclic) bond motifs is 1. The summed E-state index contributed by atoms with van der Waals surface area (Å²) in [4.78, 5) is 31.0. The Kier molecular flexibility index (Phi) is 6.75. The Morgan fingerprint density at radius 2 is 1.90 bits per heavy atom. The first-order valence-corrected chi connectivity index (χ1v) is 12.0. The maximum absolute atomic E-state index is 13.0. The second kappa shape index (κ2) is 9.68. The number of thioether (sulfide) groups is 1. The van der Waals surface area contributed by atoms with Crippen molar-refractivity contribution in [3.63, 3.8) is 0 Å². The van der Waals surface area contributed by atoms with Gasteiger partial charge in [-0.25, -0.2) is 4.98 Å². The zero-order valence-corrected chi connectivity index (χ0v) is 19.2. The van der Waals surface area contributed by atoms with Crippen molar-refractivity contribution >= 4 is 50.8 Å². The van der Waals surface area contributed by atoms with Gasteiger partial charge in [-0.1, -0.05) is 65.8 Å². The van der Waals surface area contributed by atoms with Gasteiger partial charge in [-0.05, 0) is 36.2 Å². The number of hydrogen-bond donors (Lipinski definition) is 1.